The van der Waals surface area contributed by atoms with Crippen molar-refractivity contribution in [2.75, 3.05) is 6.61 Å². The molecule has 3 aliphatic rings. The van der Waals surface area contributed by atoms with Crippen LogP contribution in [0.5, 0.6) is 0 Å². The highest BCUT2D eigenvalue weighted by Crippen LogP contribution is 2.41. The summed E-state index contributed by atoms with van der Waals surface area (Å²) in [6.07, 6.45) is 3.39. The molecule has 4 rings (SSSR count). The normalized spacial score (nSPS) is 28.8. The van der Waals surface area contributed by atoms with Crippen molar-refractivity contribution in [1.29, 1.82) is 0 Å². The Balaban J connectivity index is 1.62. The lowest BCUT2D eigenvalue weighted by Gasteiger charge is -2.13. The molecule has 1 aliphatic heterocycles. The fourth-order valence-electron chi connectivity index (χ4n) is 2.85. The summed E-state index contributed by atoms with van der Waals surface area (Å²) in [7, 11) is 0. The van der Waals surface area contributed by atoms with E-state index >= 15 is 0 Å². The number of hydrogen-bond acceptors (Lipinski definition) is 7. The number of nitrogens with one attached hydrogen (secondary N) is 2. The predicted octanol–water partition coefficient (Wildman–Crippen LogP) is -0.580. The summed E-state index contributed by atoms with van der Waals surface area (Å²) < 4.78 is 1.42. The zero-order valence-electron chi connectivity index (χ0n) is 13.6. The number of thioether (sulfide) groups is 1. The lowest BCUT2D eigenvalue weighted by Crippen LogP contribution is -2.33. The third kappa shape index (κ3) is 3.51. The maximum atomic E-state index is 12.7. The Morgan fingerprint density at radius 3 is 2.36 bits per heavy atom. The van der Waals surface area contributed by atoms with Crippen LogP contribution in [-0.2, 0) is 0 Å². The van der Waals surface area contributed by atoms with E-state index in [1.165, 1.54) is 16.4 Å². The number of carbonyl (C=O) groups is 2. The summed E-state index contributed by atoms with van der Waals surface area (Å²) >= 11 is 1.34. The first-order valence-electron chi connectivity index (χ1n) is 8.58. The SMILES string of the molecule is O=C(NC1CC1)c1nnn([C@H]2C[C@H](O)[C@@H](CO)S2)c1C(=O)NC1CC1. The number of nitrogens with zero attached hydrogens (tertiary/aromatic N) is 3. The molecule has 3 fully saturated rings. The number of rotatable bonds is 6. The Bertz CT molecular complexity index is 687. The van der Waals surface area contributed by atoms with Crippen molar-refractivity contribution in [3.05, 3.63) is 11.4 Å². The Hall–Kier alpha value is -1.65. The van der Waals surface area contributed by atoms with Gasteiger partial charge < -0.3 is 20.8 Å². The highest BCUT2D eigenvalue weighted by atomic mass is 32.2. The van der Waals surface area contributed by atoms with Crippen molar-refractivity contribution in [3.8, 4) is 0 Å². The molecule has 0 radical (unpaired) electrons. The minimum absolute atomic E-state index is 0.0209. The van der Waals surface area contributed by atoms with Crippen LogP contribution in [0.2, 0.25) is 0 Å². The Kier molecular flexibility index (Phi) is 4.42. The van der Waals surface area contributed by atoms with Crippen LogP contribution in [0.15, 0.2) is 0 Å². The maximum absolute atomic E-state index is 12.7. The largest absolute Gasteiger partial charge is 0.395 e. The quantitative estimate of drug-likeness (QED) is 0.529. The molecule has 0 spiro atoms. The third-order valence-corrected chi connectivity index (χ3v) is 6.13. The average Bonchev–Trinajstić information content (AvgIpc) is 3.49. The van der Waals surface area contributed by atoms with E-state index in [0.29, 0.717) is 6.42 Å². The van der Waals surface area contributed by atoms with E-state index < -0.39 is 12.0 Å². The number of aliphatic hydroxyl groups excluding tert-OH is 2. The third-order valence-electron chi connectivity index (χ3n) is 4.61. The first-order chi connectivity index (χ1) is 12.1. The molecule has 2 aliphatic carbocycles. The molecule has 0 bridgehead atoms. The topological polar surface area (TPSA) is 129 Å². The van der Waals surface area contributed by atoms with Gasteiger partial charge in [-0.1, -0.05) is 5.21 Å². The lowest BCUT2D eigenvalue weighted by molar-refractivity contribution is 0.0905. The highest BCUT2D eigenvalue weighted by Gasteiger charge is 2.39. The molecule has 10 heteroatoms. The summed E-state index contributed by atoms with van der Waals surface area (Å²) in [5.41, 5.74) is 0.154. The van der Waals surface area contributed by atoms with E-state index in [1.807, 2.05) is 0 Å². The van der Waals surface area contributed by atoms with Crippen molar-refractivity contribution < 1.29 is 19.8 Å². The summed E-state index contributed by atoms with van der Waals surface area (Å²) in [5, 5.41) is 32.4. The second-order valence-corrected chi connectivity index (χ2v) is 8.26. The van der Waals surface area contributed by atoms with E-state index in [-0.39, 0.29) is 46.6 Å². The van der Waals surface area contributed by atoms with Gasteiger partial charge >= 0.3 is 0 Å². The number of amides is 2. The highest BCUT2D eigenvalue weighted by molar-refractivity contribution is 8.00. The molecule has 1 saturated heterocycles. The standard InChI is InChI=1S/C15H21N5O4S/c21-6-10-9(22)5-11(25-10)20-13(15(24)17-8-3-4-8)12(18-19-20)14(23)16-7-1-2-7/h7-11,21-22H,1-6H2,(H,16,23)(H,17,24)/t9-,10+,11+/m0/s1. The van der Waals surface area contributed by atoms with Crippen molar-refractivity contribution in [3.63, 3.8) is 0 Å². The van der Waals surface area contributed by atoms with Gasteiger partial charge in [0.2, 0.25) is 0 Å². The molecule has 2 heterocycles. The summed E-state index contributed by atoms with van der Waals surface area (Å²) in [4.78, 5) is 25.1. The van der Waals surface area contributed by atoms with Crippen LogP contribution in [0, 0.1) is 0 Å². The first-order valence-corrected chi connectivity index (χ1v) is 9.52. The molecule has 136 valence electrons. The van der Waals surface area contributed by atoms with Crippen LogP contribution in [0.25, 0.3) is 0 Å². The lowest BCUT2D eigenvalue weighted by atomic mass is 10.2. The van der Waals surface area contributed by atoms with E-state index in [0.717, 1.165) is 25.7 Å². The molecular weight excluding hydrogens is 346 g/mol. The fourth-order valence-corrected chi connectivity index (χ4v) is 4.20. The number of aliphatic hydroxyl groups is 2. The minimum Gasteiger partial charge on any atom is -0.395 e. The molecule has 9 nitrogen and oxygen atoms in total. The molecular formula is C15H21N5O4S. The van der Waals surface area contributed by atoms with Crippen LogP contribution < -0.4 is 10.6 Å². The molecule has 3 atom stereocenters. The van der Waals surface area contributed by atoms with Crippen LogP contribution in [-0.4, -0.2) is 67.1 Å². The van der Waals surface area contributed by atoms with Gasteiger partial charge in [0.25, 0.3) is 11.8 Å². The average molecular weight is 367 g/mol. The first kappa shape index (κ1) is 16.8. The van der Waals surface area contributed by atoms with Crippen LogP contribution in [0.1, 0.15) is 58.5 Å². The molecule has 2 amide bonds. The van der Waals surface area contributed by atoms with Crippen LogP contribution in [0.3, 0.4) is 0 Å². The van der Waals surface area contributed by atoms with E-state index in [1.54, 1.807) is 0 Å². The van der Waals surface area contributed by atoms with Crippen LogP contribution >= 0.6 is 11.8 Å². The number of hydrogen-bond donors (Lipinski definition) is 4. The van der Waals surface area contributed by atoms with Gasteiger partial charge in [-0.05, 0) is 25.7 Å². The molecule has 4 N–H and O–H groups in total. The summed E-state index contributed by atoms with van der Waals surface area (Å²) in [6, 6.07) is 0.292. The second-order valence-electron chi connectivity index (χ2n) is 6.84. The zero-order chi connectivity index (χ0) is 17.6. The molecule has 1 aromatic heterocycles. The second kappa shape index (κ2) is 6.58. The summed E-state index contributed by atoms with van der Waals surface area (Å²) in [5.74, 6) is -0.757. The van der Waals surface area contributed by atoms with E-state index in [2.05, 4.69) is 20.9 Å². The van der Waals surface area contributed by atoms with Gasteiger partial charge in [0.15, 0.2) is 11.4 Å². The molecule has 0 aromatic carbocycles. The summed E-state index contributed by atoms with van der Waals surface area (Å²) in [6.45, 7) is -0.157. The van der Waals surface area contributed by atoms with E-state index in [4.69, 9.17) is 0 Å². The molecule has 2 saturated carbocycles. The van der Waals surface area contributed by atoms with Gasteiger partial charge in [0.1, 0.15) is 5.37 Å². The fraction of sp³-hybridized carbons (Fsp3) is 0.733. The smallest absolute Gasteiger partial charge is 0.274 e. The van der Waals surface area contributed by atoms with Crippen LogP contribution in [0.4, 0.5) is 0 Å². The molecule has 1 aromatic rings. The van der Waals surface area contributed by atoms with Gasteiger partial charge in [-0.3, -0.25) is 9.59 Å². The van der Waals surface area contributed by atoms with Gasteiger partial charge in [-0.2, -0.15) is 0 Å². The molecule has 0 unspecified atom stereocenters. The Labute approximate surface area is 148 Å². The van der Waals surface area contributed by atoms with Gasteiger partial charge in [-0.25, -0.2) is 4.68 Å². The molecule has 25 heavy (non-hydrogen) atoms. The predicted molar refractivity (Wildman–Crippen MR) is 89.1 cm³/mol. The van der Waals surface area contributed by atoms with Crippen molar-refractivity contribution in [2.24, 2.45) is 0 Å². The van der Waals surface area contributed by atoms with Gasteiger partial charge in [0, 0.05) is 18.5 Å². The Morgan fingerprint density at radius 1 is 1.16 bits per heavy atom. The van der Waals surface area contributed by atoms with Crippen molar-refractivity contribution in [2.45, 2.75) is 60.9 Å². The Morgan fingerprint density at radius 2 is 1.80 bits per heavy atom. The van der Waals surface area contributed by atoms with Crippen molar-refractivity contribution >= 4 is 23.6 Å². The number of aromatic nitrogens is 3. The maximum Gasteiger partial charge on any atom is 0.274 e. The van der Waals surface area contributed by atoms with Crippen molar-refractivity contribution in [1.82, 2.24) is 25.6 Å². The zero-order valence-corrected chi connectivity index (χ0v) is 14.4. The van der Waals surface area contributed by atoms with E-state index in [9.17, 15) is 19.8 Å². The van der Waals surface area contributed by atoms with Gasteiger partial charge in [-0.15, -0.1) is 16.9 Å². The monoisotopic (exact) mass is 367 g/mol. The minimum atomic E-state index is -0.688. The number of carbonyl (C=O) groups excluding carboxylic acids is 2. The van der Waals surface area contributed by atoms with Gasteiger partial charge in [0.05, 0.1) is 18.0 Å².